The third kappa shape index (κ3) is 2.30. The van der Waals surface area contributed by atoms with Crippen LogP contribution >= 0.6 is 0 Å². The summed E-state index contributed by atoms with van der Waals surface area (Å²) in [7, 11) is 0. The minimum absolute atomic E-state index is 0.00463. The summed E-state index contributed by atoms with van der Waals surface area (Å²) in [6.45, 7) is 5.82. The van der Waals surface area contributed by atoms with Gasteiger partial charge in [0.25, 0.3) is 0 Å². The molecule has 0 aliphatic rings. The third-order valence-corrected chi connectivity index (χ3v) is 3.21. The first-order chi connectivity index (χ1) is 7.44. The zero-order valence-electron chi connectivity index (χ0n) is 10.0. The molecule has 1 rings (SSSR count). The van der Waals surface area contributed by atoms with Crippen molar-refractivity contribution in [1.29, 1.82) is 0 Å². The lowest BCUT2D eigenvalue weighted by atomic mass is 9.79. The van der Waals surface area contributed by atoms with Gasteiger partial charge in [-0.05, 0) is 37.1 Å². The van der Waals surface area contributed by atoms with Gasteiger partial charge >= 0.3 is 0 Å². The largest absolute Gasteiger partial charge is 0.329 e. The number of carbonyl (C=O) groups is 1. The molecule has 0 aliphatic heterocycles. The maximum atomic E-state index is 12.9. The van der Waals surface area contributed by atoms with Gasteiger partial charge in [-0.2, -0.15) is 0 Å². The average Bonchev–Trinajstić information content (AvgIpc) is 2.27. The number of nitrogens with two attached hydrogens (primary N) is 1. The Balaban J connectivity index is 3.14. The third-order valence-electron chi connectivity index (χ3n) is 3.21. The average molecular weight is 223 g/mol. The first-order valence-corrected chi connectivity index (χ1v) is 5.45. The summed E-state index contributed by atoms with van der Waals surface area (Å²) in [4.78, 5) is 12.3. The van der Waals surface area contributed by atoms with Crippen LogP contribution in [0.25, 0.3) is 0 Å². The van der Waals surface area contributed by atoms with Gasteiger partial charge in [0.15, 0.2) is 5.78 Å². The van der Waals surface area contributed by atoms with Gasteiger partial charge in [0.1, 0.15) is 5.82 Å². The molecule has 0 fully saturated rings. The van der Waals surface area contributed by atoms with Crippen molar-refractivity contribution < 1.29 is 9.18 Å². The van der Waals surface area contributed by atoms with Crippen molar-refractivity contribution in [3.63, 3.8) is 0 Å². The summed E-state index contributed by atoms with van der Waals surface area (Å²) < 4.78 is 12.9. The zero-order chi connectivity index (χ0) is 12.3. The summed E-state index contributed by atoms with van der Waals surface area (Å²) >= 11 is 0. The highest BCUT2D eigenvalue weighted by atomic mass is 19.1. The van der Waals surface area contributed by atoms with Crippen LogP contribution in [0.3, 0.4) is 0 Å². The second kappa shape index (κ2) is 4.74. The molecule has 1 aromatic rings. The van der Waals surface area contributed by atoms with E-state index in [4.69, 9.17) is 5.73 Å². The molecule has 0 heterocycles. The first-order valence-electron chi connectivity index (χ1n) is 5.45. The summed E-state index contributed by atoms with van der Waals surface area (Å²) in [5.41, 5.74) is 6.32. The summed E-state index contributed by atoms with van der Waals surface area (Å²) in [5, 5.41) is 0. The molecular formula is C13H18FNO. The number of hydrogen-bond donors (Lipinski definition) is 1. The van der Waals surface area contributed by atoms with E-state index in [-0.39, 0.29) is 11.6 Å². The van der Waals surface area contributed by atoms with Crippen molar-refractivity contribution in [1.82, 2.24) is 0 Å². The topological polar surface area (TPSA) is 43.1 Å². The van der Waals surface area contributed by atoms with Gasteiger partial charge in [-0.1, -0.05) is 13.8 Å². The van der Waals surface area contributed by atoms with Gasteiger partial charge in [-0.3, -0.25) is 4.79 Å². The van der Waals surface area contributed by atoms with Gasteiger partial charge < -0.3 is 5.73 Å². The Kier molecular flexibility index (Phi) is 3.81. The lowest BCUT2D eigenvalue weighted by Gasteiger charge is -2.25. The predicted octanol–water partition coefficient (Wildman–Crippen LogP) is 2.69. The Morgan fingerprint density at radius 1 is 1.50 bits per heavy atom. The summed E-state index contributed by atoms with van der Waals surface area (Å²) in [6.07, 6.45) is 0.680. The number of carbonyl (C=O) groups excluding carboxylic acids is 1. The molecule has 16 heavy (non-hydrogen) atoms. The maximum absolute atomic E-state index is 12.9. The molecular weight excluding hydrogens is 205 g/mol. The fourth-order valence-electron chi connectivity index (χ4n) is 1.60. The van der Waals surface area contributed by atoms with Crippen LogP contribution in [0.4, 0.5) is 4.39 Å². The van der Waals surface area contributed by atoms with Crippen molar-refractivity contribution in [2.24, 2.45) is 11.1 Å². The van der Waals surface area contributed by atoms with Gasteiger partial charge in [-0.15, -0.1) is 0 Å². The molecule has 88 valence electrons. The van der Waals surface area contributed by atoms with Crippen molar-refractivity contribution >= 4 is 5.78 Å². The molecule has 1 atom stereocenters. The highest BCUT2D eigenvalue weighted by molar-refractivity contribution is 6.01. The number of halogens is 1. The quantitative estimate of drug-likeness (QED) is 0.797. The SMILES string of the molecule is CCC(C)(CN)C(=O)c1ccc(F)cc1C. The minimum Gasteiger partial charge on any atom is -0.329 e. The first kappa shape index (κ1) is 12.8. The molecule has 0 spiro atoms. The molecule has 1 unspecified atom stereocenters. The minimum atomic E-state index is -0.553. The van der Waals surface area contributed by atoms with Crippen LogP contribution in [0.1, 0.15) is 36.2 Å². The molecule has 2 N–H and O–H groups in total. The van der Waals surface area contributed by atoms with E-state index in [1.165, 1.54) is 18.2 Å². The molecule has 0 amide bonds. The molecule has 3 heteroatoms. The molecule has 0 bridgehead atoms. The molecule has 0 aromatic heterocycles. The standard InChI is InChI=1S/C13H18FNO/c1-4-13(3,8-15)12(16)11-6-5-10(14)7-9(11)2/h5-7H,4,8,15H2,1-3H3. The van der Waals surface area contributed by atoms with Crippen molar-refractivity contribution in [3.05, 3.63) is 35.1 Å². The van der Waals surface area contributed by atoms with E-state index in [9.17, 15) is 9.18 Å². The monoisotopic (exact) mass is 223 g/mol. The van der Waals surface area contributed by atoms with Gasteiger partial charge in [0, 0.05) is 17.5 Å². The van der Waals surface area contributed by atoms with E-state index in [1.54, 1.807) is 6.92 Å². The fraction of sp³-hybridized carbons (Fsp3) is 0.462. The molecule has 0 aliphatic carbocycles. The molecule has 0 saturated heterocycles. The number of rotatable bonds is 4. The Morgan fingerprint density at radius 3 is 2.56 bits per heavy atom. The van der Waals surface area contributed by atoms with Crippen LogP contribution in [0.5, 0.6) is 0 Å². The van der Waals surface area contributed by atoms with Crippen molar-refractivity contribution in [2.75, 3.05) is 6.54 Å². The van der Waals surface area contributed by atoms with Crippen LogP contribution in [-0.4, -0.2) is 12.3 Å². The van der Waals surface area contributed by atoms with E-state index in [0.717, 1.165) is 0 Å². The Bertz CT molecular complexity index is 397. The smallest absolute Gasteiger partial charge is 0.170 e. The van der Waals surface area contributed by atoms with Gasteiger partial charge in [0.05, 0.1) is 0 Å². The lowest BCUT2D eigenvalue weighted by molar-refractivity contribution is 0.0819. The number of ketones is 1. The summed E-state index contributed by atoms with van der Waals surface area (Å²) in [5.74, 6) is -0.324. The Labute approximate surface area is 95.7 Å². The number of Topliss-reactive ketones (excluding diaryl/α,β-unsaturated/α-hetero) is 1. The predicted molar refractivity (Wildman–Crippen MR) is 62.9 cm³/mol. The van der Waals surface area contributed by atoms with Crippen molar-refractivity contribution in [2.45, 2.75) is 27.2 Å². The highest BCUT2D eigenvalue weighted by Gasteiger charge is 2.31. The van der Waals surface area contributed by atoms with Gasteiger partial charge in [-0.25, -0.2) is 4.39 Å². The van der Waals surface area contributed by atoms with Crippen LogP contribution in [-0.2, 0) is 0 Å². The highest BCUT2D eigenvalue weighted by Crippen LogP contribution is 2.26. The van der Waals surface area contributed by atoms with Crippen molar-refractivity contribution in [3.8, 4) is 0 Å². The van der Waals surface area contributed by atoms with E-state index in [2.05, 4.69) is 0 Å². The van der Waals surface area contributed by atoms with Gasteiger partial charge in [0.2, 0.25) is 0 Å². The van der Waals surface area contributed by atoms with Crippen LogP contribution in [0.2, 0.25) is 0 Å². The second-order valence-corrected chi connectivity index (χ2v) is 4.41. The fourth-order valence-corrected chi connectivity index (χ4v) is 1.60. The molecule has 1 aromatic carbocycles. The van der Waals surface area contributed by atoms with E-state index in [1.807, 2.05) is 13.8 Å². The van der Waals surface area contributed by atoms with Crippen LogP contribution in [0.15, 0.2) is 18.2 Å². The van der Waals surface area contributed by atoms with Crippen LogP contribution < -0.4 is 5.73 Å². The Morgan fingerprint density at radius 2 is 2.12 bits per heavy atom. The summed E-state index contributed by atoms with van der Waals surface area (Å²) in [6, 6.07) is 4.23. The van der Waals surface area contributed by atoms with Crippen LogP contribution in [0, 0.1) is 18.2 Å². The molecule has 0 saturated carbocycles. The van der Waals surface area contributed by atoms with E-state index in [0.29, 0.717) is 24.1 Å². The number of hydrogen-bond acceptors (Lipinski definition) is 2. The molecule has 2 nitrogen and oxygen atoms in total. The molecule has 0 radical (unpaired) electrons. The lowest BCUT2D eigenvalue weighted by Crippen LogP contribution is -2.35. The van der Waals surface area contributed by atoms with E-state index >= 15 is 0 Å². The second-order valence-electron chi connectivity index (χ2n) is 4.41. The number of benzene rings is 1. The number of aryl methyl sites for hydroxylation is 1. The zero-order valence-corrected chi connectivity index (χ0v) is 10.0. The van der Waals surface area contributed by atoms with E-state index < -0.39 is 5.41 Å². The Hall–Kier alpha value is -1.22. The maximum Gasteiger partial charge on any atom is 0.170 e. The normalized spacial score (nSPS) is 14.6.